The Labute approximate surface area is 125 Å². The third-order valence-electron chi connectivity index (χ3n) is 2.57. The second-order valence-electron chi connectivity index (χ2n) is 4.30. The van der Waals surface area contributed by atoms with Crippen LogP contribution in [0.1, 0.15) is 11.3 Å². The van der Waals surface area contributed by atoms with Crippen molar-refractivity contribution in [3.8, 4) is 5.88 Å². The van der Waals surface area contributed by atoms with Gasteiger partial charge in [0.05, 0.1) is 0 Å². The predicted octanol–water partition coefficient (Wildman–Crippen LogP) is 2.87. The van der Waals surface area contributed by atoms with Gasteiger partial charge in [0.15, 0.2) is 6.61 Å². The van der Waals surface area contributed by atoms with Crippen molar-refractivity contribution >= 4 is 27.5 Å². The summed E-state index contributed by atoms with van der Waals surface area (Å²) in [5.74, 6) is 0.155. The summed E-state index contributed by atoms with van der Waals surface area (Å²) in [4.78, 5) is 19.7. The van der Waals surface area contributed by atoms with Gasteiger partial charge in [-0.05, 0) is 37.6 Å². The molecule has 5 nitrogen and oxygen atoms in total. The summed E-state index contributed by atoms with van der Waals surface area (Å²) in [5.41, 5.74) is 2.58. The molecule has 0 aliphatic rings. The number of benzene rings is 1. The van der Waals surface area contributed by atoms with Gasteiger partial charge in [0.1, 0.15) is 6.33 Å². The molecular weight excluding hydrogens is 322 g/mol. The number of halogens is 1. The molecule has 2 aromatic rings. The maximum absolute atomic E-state index is 11.8. The lowest BCUT2D eigenvalue weighted by Crippen LogP contribution is -2.20. The average Bonchev–Trinajstić information content (AvgIpc) is 2.41. The molecule has 6 heteroatoms. The van der Waals surface area contributed by atoms with E-state index in [1.165, 1.54) is 6.33 Å². The average molecular weight is 336 g/mol. The van der Waals surface area contributed by atoms with Crippen molar-refractivity contribution in [3.63, 3.8) is 0 Å². The number of carbonyl (C=O) groups excluding carboxylic acids is 1. The number of carbonyl (C=O) groups is 1. The molecule has 0 aliphatic heterocycles. The maximum Gasteiger partial charge on any atom is 0.262 e. The third kappa shape index (κ3) is 4.03. The lowest BCUT2D eigenvalue weighted by molar-refractivity contribution is -0.118. The van der Waals surface area contributed by atoms with Crippen LogP contribution in [-0.2, 0) is 4.79 Å². The number of nitrogens with zero attached hydrogens (tertiary/aromatic N) is 2. The Morgan fingerprint density at radius 2 is 2.10 bits per heavy atom. The van der Waals surface area contributed by atoms with Gasteiger partial charge in [-0.25, -0.2) is 9.97 Å². The first-order chi connectivity index (χ1) is 9.54. The van der Waals surface area contributed by atoms with Crippen LogP contribution in [0.3, 0.4) is 0 Å². The van der Waals surface area contributed by atoms with Gasteiger partial charge in [-0.3, -0.25) is 4.79 Å². The van der Waals surface area contributed by atoms with Gasteiger partial charge in [-0.2, -0.15) is 0 Å². The third-order valence-corrected chi connectivity index (χ3v) is 3.46. The smallest absolute Gasteiger partial charge is 0.262 e. The van der Waals surface area contributed by atoms with Crippen LogP contribution in [-0.4, -0.2) is 22.5 Å². The Morgan fingerprint density at radius 3 is 2.80 bits per heavy atom. The summed E-state index contributed by atoms with van der Waals surface area (Å²) in [6.45, 7) is 3.70. The highest BCUT2D eigenvalue weighted by Crippen LogP contribution is 2.19. The van der Waals surface area contributed by atoms with E-state index >= 15 is 0 Å². The number of rotatable bonds is 4. The van der Waals surface area contributed by atoms with E-state index in [9.17, 15) is 4.79 Å². The van der Waals surface area contributed by atoms with Crippen LogP contribution in [0.15, 0.2) is 35.1 Å². The lowest BCUT2D eigenvalue weighted by Gasteiger charge is -2.08. The molecule has 0 radical (unpaired) electrons. The number of hydrogen-bond donors (Lipinski definition) is 1. The number of aryl methyl sites for hydroxylation is 2. The molecule has 0 fully saturated rings. The highest BCUT2D eigenvalue weighted by molar-refractivity contribution is 9.10. The Balaban J connectivity index is 1.91. The molecule has 0 unspecified atom stereocenters. The summed E-state index contributed by atoms with van der Waals surface area (Å²) in [6, 6.07) is 7.28. The standard InChI is InChI=1S/C14H14BrN3O2/c1-9-5-11(3-4-12(9)15)18-13(19)7-20-14-6-10(2)16-8-17-14/h3-6,8H,7H2,1-2H3,(H,18,19). The molecule has 104 valence electrons. The molecule has 1 aromatic carbocycles. The molecule has 0 bridgehead atoms. The minimum absolute atomic E-state index is 0.0917. The van der Waals surface area contributed by atoms with Crippen LogP contribution in [0, 0.1) is 13.8 Å². The van der Waals surface area contributed by atoms with Gasteiger partial charge in [-0.1, -0.05) is 15.9 Å². The molecule has 0 aliphatic carbocycles. The number of aromatic nitrogens is 2. The summed E-state index contributed by atoms with van der Waals surface area (Å²) < 4.78 is 6.31. The van der Waals surface area contributed by atoms with Crippen LogP contribution >= 0.6 is 15.9 Å². The van der Waals surface area contributed by atoms with E-state index in [0.29, 0.717) is 5.88 Å². The van der Waals surface area contributed by atoms with Crippen molar-refractivity contribution in [2.24, 2.45) is 0 Å². The normalized spacial score (nSPS) is 10.2. The van der Waals surface area contributed by atoms with E-state index in [0.717, 1.165) is 21.4 Å². The van der Waals surface area contributed by atoms with Gasteiger partial charge in [0.25, 0.3) is 5.91 Å². The summed E-state index contributed by atoms with van der Waals surface area (Å²) >= 11 is 3.41. The van der Waals surface area contributed by atoms with Crippen molar-refractivity contribution in [2.75, 3.05) is 11.9 Å². The molecule has 1 aromatic heterocycles. The Kier molecular flexibility index (Phi) is 4.68. The van der Waals surface area contributed by atoms with Crippen LogP contribution in [0.5, 0.6) is 5.88 Å². The minimum Gasteiger partial charge on any atom is -0.467 e. The van der Waals surface area contributed by atoms with Crippen LogP contribution in [0.25, 0.3) is 0 Å². The number of amides is 1. The number of hydrogen-bond acceptors (Lipinski definition) is 4. The zero-order chi connectivity index (χ0) is 14.5. The Bertz CT molecular complexity index is 632. The first-order valence-corrected chi connectivity index (χ1v) is 6.81. The van der Waals surface area contributed by atoms with Gasteiger partial charge in [0, 0.05) is 21.9 Å². The van der Waals surface area contributed by atoms with Crippen molar-refractivity contribution in [1.82, 2.24) is 9.97 Å². The number of nitrogens with one attached hydrogen (secondary N) is 1. The maximum atomic E-state index is 11.8. The van der Waals surface area contributed by atoms with Gasteiger partial charge >= 0.3 is 0 Å². The monoisotopic (exact) mass is 335 g/mol. The fourth-order valence-corrected chi connectivity index (χ4v) is 1.81. The highest BCUT2D eigenvalue weighted by Gasteiger charge is 2.05. The van der Waals surface area contributed by atoms with E-state index in [-0.39, 0.29) is 12.5 Å². The van der Waals surface area contributed by atoms with E-state index in [2.05, 4.69) is 31.2 Å². The molecule has 2 rings (SSSR count). The van der Waals surface area contributed by atoms with Crippen molar-refractivity contribution in [3.05, 3.63) is 46.3 Å². The van der Waals surface area contributed by atoms with Gasteiger partial charge < -0.3 is 10.1 Å². The molecular formula is C14H14BrN3O2. The van der Waals surface area contributed by atoms with Crippen molar-refractivity contribution in [2.45, 2.75) is 13.8 Å². The molecule has 0 saturated carbocycles. The highest BCUT2D eigenvalue weighted by atomic mass is 79.9. The van der Waals surface area contributed by atoms with E-state index in [1.54, 1.807) is 6.07 Å². The minimum atomic E-state index is -0.233. The summed E-state index contributed by atoms with van der Waals surface area (Å²) in [6.07, 6.45) is 1.40. The molecule has 1 heterocycles. The molecule has 0 saturated heterocycles. The molecule has 1 N–H and O–H groups in total. The van der Waals surface area contributed by atoms with E-state index in [1.807, 2.05) is 32.0 Å². The first kappa shape index (κ1) is 14.5. The van der Waals surface area contributed by atoms with Gasteiger partial charge in [-0.15, -0.1) is 0 Å². The second kappa shape index (κ2) is 6.47. The lowest BCUT2D eigenvalue weighted by atomic mass is 10.2. The summed E-state index contributed by atoms with van der Waals surface area (Å²) in [7, 11) is 0. The zero-order valence-corrected chi connectivity index (χ0v) is 12.8. The molecule has 0 spiro atoms. The first-order valence-electron chi connectivity index (χ1n) is 6.02. The molecule has 0 atom stereocenters. The van der Waals surface area contributed by atoms with Crippen molar-refractivity contribution < 1.29 is 9.53 Å². The van der Waals surface area contributed by atoms with Crippen LogP contribution in [0.2, 0.25) is 0 Å². The van der Waals surface area contributed by atoms with Crippen molar-refractivity contribution in [1.29, 1.82) is 0 Å². The zero-order valence-electron chi connectivity index (χ0n) is 11.2. The molecule has 20 heavy (non-hydrogen) atoms. The van der Waals surface area contributed by atoms with E-state index in [4.69, 9.17) is 4.74 Å². The Morgan fingerprint density at radius 1 is 1.30 bits per heavy atom. The van der Waals surface area contributed by atoms with E-state index < -0.39 is 0 Å². The largest absolute Gasteiger partial charge is 0.467 e. The molecule has 1 amide bonds. The summed E-state index contributed by atoms with van der Waals surface area (Å²) in [5, 5.41) is 2.77. The predicted molar refractivity (Wildman–Crippen MR) is 79.8 cm³/mol. The quantitative estimate of drug-likeness (QED) is 0.932. The fraction of sp³-hybridized carbons (Fsp3) is 0.214. The number of anilines is 1. The SMILES string of the molecule is Cc1cc(OCC(=O)Nc2ccc(Br)c(C)c2)ncn1. The second-order valence-corrected chi connectivity index (χ2v) is 5.15. The van der Waals surface area contributed by atoms with Crippen LogP contribution in [0.4, 0.5) is 5.69 Å². The fourth-order valence-electron chi connectivity index (χ4n) is 1.57. The van der Waals surface area contributed by atoms with Gasteiger partial charge in [0.2, 0.25) is 5.88 Å². The number of ether oxygens (including phenoxy) is 1. The van der Waals surface area contributed by atoms with Crippen LogP contribution < -0.4 is 10.1 Å². The Hall–Kier alpha value is -1.95. The topological polar surface area (TPSA) is 64.1 Å².